The standard InChI is InChI=1S/C31H29ClN4O7S/c1-20-13-15-24(18-27(20)36(39)40)44(41,42)35(28-17-23(32)14-16-29(28)43-3)19-30(37)34-26-12-8-7-11-25(26)31(38)33-21(2)22-9-5-4-6-10-22/h4-18,21H,19H2,1-3H3,(H,33,38)(H,34,37)/t21-/m0/s1. The van der Waals surface area contributed by atoms with Crippen LogP contribution in [0.3, 0.4) is 0 Å². The Kier molecular flexibility index (Phi) is 9.87. The first-order chi connectivity index (χ1) is 20.9. The molecule has 0 unspecified atom stereocenters. The van der Waals surface area contributed by atoms with Crippen LogP contribution in [-0.2, 0) is 14.8 Å². The third-order valence-corrected chi connectivity index (χ3v) is 8.75. The van der Waals surface area contributed by atoms with Crippen LogP contribution in [0.4, 0.5) is 17.1 Å². The van der Waals surface area contributed by atoms with Crippen LogP contribution in [0, 0.1) is 17.0 Å². The summed E-state index contributed by atoms with van der Waals surface area (Å²) in [5, 5.41) is 17.2. The molecule has 1 atom stereocenters. The molecule has 0 heterocycles. The smallest absolute Gasteiger partial charge is 0.273 e. The summed E-state index contributed by atoms with van der Waals surface area (Å²) in [6.07, 6.45) is 0. The normalized spacial score (nSPS) is 11.7. The first kappa shape index (κ1) is 32.0. The number of hydrogen-bond donors (Lipinski definition) is 2. The number of benzene rings is 4. The van der Waals surface area contributed by atoms with Gasteiger partial charge in [-0.05, 0) is 55.8 Å². The Balaban J connectivity index is 1.68. The lowest BCUT2D eigenvalue weighted by Crippen LogP contribution is -2.38. The number of carbonyl (C=O) groups is 2. The average Bonchev–Trinajstić information content (AvgIpc) is 3.00. The highest BCUT2D eigenvalue weighted by molar-refractivity contribution is 7.92. The molecule has 0 aliphatic heterocycles. The van der Waals surface area contributed by atoms with Gasteiger partial charge in [0.15, 0.2) is 0 Å². The number of para-hydroxylation sites is 1. The number of aryl methyl sites for hydroxylation is 1. The van der Waals surface area contributed by atoms with Crippen molar-refractivity contribution in [3.63, 3.8) is 0 Å². The van der Waals surface area contributed by atoms with Gasteiger partial charge in [-0.2, -0.15) is 0 Å². The Morgan fingerprint density at radius 1 is 1.00 bits per heavy atom. The molecule has 0 aliphatic rings. The number of nitrogens with one attached hydrogen (secondary N) is 2. The third kappa shape index (κ3) is 7.16. The zero-order valence-electron chi connectivity index (χ0n) is 24.0. The minimum absolute atomic E-state index is 0.0684. The molecule has 0 spiro atoms. The largest absolute Gasteiger partial charge is 0.495 e. The molecule has 0 aliphatic carbocycles. The molecule has 2 amide bonds. The molecule has 0 radical (unpaired) electrons. The van der Waals surface area contributed by atoms with Crippen molar-refractivity contribution in [2.75, 3.05) is 23.3 Å². The van der Waals surface area contributed by atoms with Crippen molar-refractivity contribution < 1.29 is 27.7 Å². The average molecular weight is 637 g/mol. The maximum Gasteiger partial charge on any atom is 0.273 e. The van der Waals surface area contributed by atoms with Gasteiger partial charge in [0, 0.05) is 16.7 Å². The van der Waals surface area contributed by atoms with E-state index < -0.39 is 43.9 Å². The lowest BCUT2D eigenvalue weighted by molar-refractivity contribution is -0.385. The molecule has 0 fully saturated rings. The van der Waals surface area contributed by atoms with Gasteiger partial charge in [0.2, 0.25) is 5.91 Å². The summed E-state index contributed by atoms with van der Waals surface area (Å²) in [6, 6.07) is 23.0. The van der Waals surface area contributed by atoms with Crippen LogP contribution in [-0.4, -0.2) is 38.8 Å². The van der Waals surface area contributed by atoms with Crippen LogP contribution in [0.15, 0.2) is 95.9 Å². The number of ether oxygens (including phenoxy) is 1. The quantitative estimate of drug-likeness (QED) is 0.154. The van der Waals surface area contributed by atoms with Crippen LogP contribution in [0.5, 0.6) is 5.75 Å². The zero-order chi connectivity index (χ0) is 32.0. The molecule has 0 bridgehead atoms. The second kappa shape index (κ2) is 13.6. The number of methoxy groups -OCH3 is 1. The van der Waals surface area contributed by atoms with E-state index in [1.807, 2.05) is 37.3 Å². The number of nitro groups is 1. The first-order valence-corrected chi connectivity index (χ1v) is 15.1. The van der Waals surface area contributed by atoms with Gasteiger partial charge in [-0.25, -0.2) is 8.42 Å². The van der Waals surface area contributed by atoms with Gasteiger partial charge in [0.05, 0.1) is 39.9 Å². The van der Waals surface area contributed by atoms with Gasteiger partial charge in [0.25, 0.3) is 21.6 Å². The van der Waals surface area contributed by atoms with Crippen LogP contribution in [0.25, 0.3) is 0 Å². The predicted molar refractivity (Wildman–Crippen MR) is 168 cm³/mol. The third-order valence-electron chi connectivity index (χ3n) is 6.76. The molecule has 228 valence electrons. The van der Waals surface area contributed by atoms with E-state index in [2.05, 4.69) is 10.6 Å². The second-order valence-corrected chi connectivity index (χ2v) is 12.0. The van der Waals surface area contributed by atoms with E-state index in [4.69, 9.17) is 16.3 Å². The fourth-order valence-corrected chi connectivity index (χ4v) is 6.05. The van der Waals surface area contributed by atoms with E-state index in [1.54, 1.807) is 12.1 Å². The van der Waals surface area contributed by atoms with Gasteiger partial charge in [-0.3, -0.25) is 24.0 Å². The van der Waals surface area contributed by atoms with E-state index >= 15 is 0 Å². The van der Waals surface area contributed by atoms with E-state index in [1.165, 1.54) is 56.5 Å². The number of nitro benzene ring substituents is 1. The highest BCUT2D eigenvalue weighted by Gasteiger charge is 2.32. The number of anilines is 2. The van der Waals surface area contributed by atoms with Crippen LogP contribution >= 0.6 is 11.6 Å². The molecule has 4 rings (SSSR count). The summed E-state index contributed by atoms with van der Waals surface area (Å²) in [5.74, 6) is -1.17. The fraction of sp³-hybridized carbons (Fsp3) is 0.161. The molecule has 0 saturated carbocycles. The van der Waals surface area contributed by atoms with Crippen molar-refractivity contribution in [3.05, 3.63) is 123 Å². The molecular weight excluding hydrogens is 608 g/mol. The van der Waals surface area contributed by atoms with Crippen LogP contribution in [0.2, 0.25) is 5.02 Å². The van der Waals surface area contributed by atoms with Crippen molar-refractivity contribution in [1.29, 1.82) is 0 Å². The zero-order valence-corrected chi connectivity index (χ0v) is 25.6. The minimum atomic E-state index is -4.59. The van der Waals surface area contributed by atoms with Gasteiger partial charge >= 0.3 is 0 Å². The highest BCUT2D eigenvalue weighted by Crippen LogP contribution is 2.36. The van der Waals surface area contributed by atoms with Crippen molar-refractivity contribution in [1.82, 2.24) is 5.32 Å². The number of sulfonamides is 1. The Labute approximate surface area is 259 Å². The van der Waals surface area contributed by atoms with Gasteiger partial charge in [-0.1, -0.05) is 60.1 Å². The van der Waals surface area contributed by atoms with Crippen molar-refractivity contribution in [2.45, 2.75) is 24.8 Å². The SMILES string of the molecule is COc1ccc(Cl)cc1N(CC(=O)Nc1ccccc1C(=O)N[C@@H](C)c1ccccc1)S(=O)(=O)c1ccc(C)c([N+](=O)[O-])c1. The number of carbonyl (C=O) groups excluding carboxylic acids is 2. The molecule has 13 heteroatoms. The summed E-state index contributed by atoms with van der Waals surface area (Å²) in [7, 11) is -3.27. The molecule has 4 aromatic carbocycles. The highest BCUT2D eigenvalue weighted by atomic mass is 35.5. The number of halogens is 1. The molecule has 44 heavy (non-hydrogen) atoms. The topological polar surface area (TPSA) is 148 Å². The Morgan fingerprint density at radius 2 is 1.68 bits per heavy atom. The Morgan fingerprint density at radius 3 is 2.36 bits per heavy atom. The number of hydrogen-bond acceptors (Lipinski definition) is 7. The lowest BCUT2D eigenvalue weighted by Gasteiger charge is -2.26. The molecular formula is C31H29ClN4O7S. The minimum Gasteiger partial charge on any atom is -0.495 e. The van der Waals surface area contributed by atoms with Crippen LogP contribution < -0.4 is 19.7 Å². The molecule has 4 aromatic rings. The summed E-state index contributed by atoms with van der Waals surface area (Å²) < 4.78 is 34.1. The van der Waals surface area contributed by atoms with Crippen molar-refractivity contribution >= 4 is 50.5 Å². The number of rotatable bonds is 11. The number of amides is 2. The van der Waals surface area contributed by atoms with E-state index in [0.29, 0.717) is 0 Å². The molecule has 2 N–H and O–H groups in total. The maximum atomic E-state index is 14.0. The van der Waals surface area contributed by atoms with Gasteiger partial charge in [0.1, 0.15) is 12.3 Å². The summed E-state index contributed by atoms with van der Waals surface area (Å²) >= 11 is 6.20. The van der Waals surface area contributed by atoms with Crippen molar-refractivity contribution in [3.8, 4) is 5.75 Å². The Bertz CT molecular complexity index is 1820. The van der Waals surface area contributed by atoms with Crippen molar-refractivity contribution in [2.24, 2.45) is 0 Å². The van der Waals surface area contributed by atoms with E-state index in [9.17, 15) is 28.1 Å². The monoisotopic (exact) mass is 636 g/mol. The maximum absolute atomic E-state index is 14.0. The van der Waals surface area contributed by atoms with Gasteiger partial charge < -0.3 is 15.4 Å². The molecule has 11 nitrogen and oxygen atoms in total. The predicted octanol–water partition coefficient (Wildman–Crippen LogP) is 5.89. The van der Waals surface area contributed by atoms with E-state index in [-0.39, 0.29) is 39.3 Å². The summed E-state index contributed by atoms with van der Waals surface area (Å²) in [6.45, 7) is 2.52. The summed E-state index contributed by atoms with van der Waals surface area (Å²) in [5.41, 5.74) is 0.980. The second-order valence-electron chi connectivity index (χ2n) is 9.73. The summed E-state index contributed by atoms with van der Waals surface area (Å²) in [4.78, 5) is 37.1. The molecule has 0 saturated heterocycles. The fourth-order valence-electron chi connectivity index (χ4n) is 4.44. The Hall–Kier alpha value is -4.94. The van der Waals surface area contributed by atoms with Gasteiger partial charge in [-0.15, -0.1) is 0 Å². The molecule has 0 aromatic heterocycles. The van der Waals surface area contributed by atoms with E-state index in [0.717, 1.165) is 15.9 Å². The lowest BCUT2D eigenvalue weighted by atomic mass is 10.1. The van der Waals surface area contributed by atoms with Crippen LogP contribution in [0.1, 0.15) is 34.5 Å². The number of nitrogens with zero attached hydrogens (tertiary/aromatic N) is 2. The first-order valence-electron chi connectivity index (χ1n) is 13.3.